The minimum Gasteiger partial charge on any atom is -0.370 e. The lowest BCUT2D eigenvalue weighted by molar-refractivity contribution is 0.312. The third-order valence-corrected chi connectivity index (χ3v) is 4.94. The first-order valence-electron chi connectivity index (χ1n) is 8.08. The zero-order valence-corrected chi connectivity index (χ0v) is 12.9. The summed E-state index contributed by atoms with van der Waals surface area (Å²) in [6.45, 7) is 2.31. The maximum absolute atomic E-state index is 5.98. The van der Waals surface area contributed by atoms with E-state index in [-0.39, 0.29) is 0 Å². The molecule has 1 aliphatic heterocycles. The highest BCUT2D eigenvalue weighted by molar-refractivity contribution is 6.30. The zero-order valence-electron chi connectivity index (χ0n) is 12.2. The summed E-state index contributed by atoms with van der Waals surface area (Å²) in [6, 6.07) is 9.70. The van der Waals surface area contributed by atoms with Crippen molar-refractivity contribution in [3.05, 3.63) is 29.3 Å². The summed E-state index contributed by atoms with van der Waals surface area (Å²) in [5.74, 6) is 0. The molecule has 20 heavy (non-hydrogen) atoms. The Morgan fingerprint density at radius 1 is 0.900 bits per heavy atom. The van der Waals surface area contributed by atoms with Crippen molar-refractivity contribution in [2.75, 3.05) is 18.0 Å². The van der Waals surface area contributed by atoms with Crippen molar-refractivity contribution in [2.24, 2.45) is 0 Å². The Kier molecular flexibility index (Phi) is 4.85. The molecular formula is C17H25ClN2. The second-order valence-corrected chi connectivity index (χ2v) is 6.70. The molecular weight excluding hydrogens is 268 g/mol. The van der Waals surface area contributed by atoms with Crippen LogP contribution in [0.5, 0.6) is 0 Å². The van der Waals surface area contributed by atoms with Crippen molar-refractivity contribution in [1.29, 1.82) is 0 Å². The molecule has 1 aromatic carbocycles. The van der Waals surface area contributed by atoms with Crippen LogP contribution in [-0.2, 0) is 0 Å². The lowest BCUT2D eigenvalue weighted by Gasteiger charge is -2.37. The number of hydrogen-bond acceptors (Lipinski definition) is 2. The summed E-state index contributed by atoms with van der Waals surface area (Å²) in [4.78, 5) is 2.50. The average molecular weight is 293 g/mol. The number of anilines is 1. The van der Waals surface area contributed by atoms with Crippen LogP contribution in [0.4, 0.5) is 5.69 Å². The maximum Gasteiger partial charge on any atom is 0.0407 e. The molecule has 1 heterocycles. The average Bonchev–Trinajstić information content (AvgIpc) is 2.49. The quantitative estimate of drug-likeness (QED) is 0.897. The molecule has 0 amide bonds. The van der Waals surface area contributed by atoms with Crippen molar-refractivity contribution in [1.82, 2.24) is 5.32 Å². The van der Waals surface area contributed by atoms with Crippen molar-refractivity contribution in [3.8, 4) is 0 Å². The number of piperidine rings is 1. The van der Waals surface area contributed by atoms with Crippen molar-refractivity contribution < 1.29 is 0 Å². The van der Waals surface area contributed by atoms with E-state index in [1.807, 2.05) is 12.1 Å². The fraction of sp³-hybridized carbons (Fsp3) is 0.647. The minimum atomic E-state index is 0.655. The highest BCUT2D eigenvalue weighted by Gasteiger charge is 2.23. The van der Waals surface area contributed by atoms with Gasteiger partial charge in [0.25, 0.3) is 0 Å². The summed E-state index contributed by atoms with van der Waals surface area (Å²) in [6.07, 6.45) is 9.60. The van der Waals surface area contributed by atoms with E-state index in [9.17, 15) is 0 Å². The fourth-order valence-corrected chi connectivity index (χ4v) is 3.73. The summed E-state index contributed by atoms with van der Waals surface area (Å²) in [5, 5.41) is 4.72. The van der Waals surface area contributed by atoms with E-state index >= 15 is 0 Å². The third-order valence-electron chi connectivity index (χ3n) is 4.69. The number of benzene rings is 1. The summed E-state index contributed by atoms with van der Waals surface area (Å²) in [5.41, 5.74) is 1.31. The third kappa shape index (κ3) is 3.67. The SMILES string of the molecule is Clc1ccc(N2CCCC(NC3CCCCC3)C2)cc1. The molecule has 0 spiro atoms. The molecule has 1 N–H and O–H groups in total. The number of rotatable bonds is 3. The van der Waals surface area contributed by atoms with Gasteiger partial charge in [0, 0.05) is 35.9 Å². The molecule has 2 nitrogen and oxygen atoms in total. The molecule has 2 aliphatic rings. The van der Waals surface area contributed by atoms with E-state index in [2.05, 4.69) is 22.3 Å². The number of halogens is 1. The lowest BCUT2D eigenvalue weighted by Crippen LogP contribution is -2.49. The number of nitrogens with zero attached hydrogens (tertiary/aromatic N) is 1. The van der Waals surface area contributed by atoms with Gasteiger partial charge in [0.05, 0.1) is 0 Å². The van der Waals surface area contributed by atoms with E-state index in [0.717, 1.165) is 17.6 Å². The Morgan fingerprint density at radius 3 is 2.35 bits per heavy atom. The van der Waals surface area contributed by atoms with Crippen molar-refractivity contribution >= 4 is 17.3 Å². The first-order valence-corrected chi connectivity index (χ1v) is 8.45. The van der Waals surface area contributed by atoms with Crippen LogP contribution in [0.1, 0.15) is 44.9 Å². The van der Waals surface area contributed by atoms with Gasteiger partial charge in [0.15, 0.2) is 0 Å². The van der Waals surface area contributed by atoms with E-state index in [4.69, 9.17) is 11.6 Å². The summed E-state index contributed by atoms with van der Waals surface area (Å²) >= 11 is 5.98. The van der Waals surface area contributed by atoms with Gasteiger partial charge in [0.2, 0.25) is 0 Å². The van der Waals surface area contributed by atoms with Gasteiger partial charge in [-0.15, -0.1) is 0 Å². The Labute approximate surface area is 127 Å². The van der Waals surface area contributed by atoms with Crippen LogP contribution in [0, 0.1) is 0 Å². The second-order valence-electron chi connectivity index (χ2n) is 6.26. The molecule has 0 radical (unpaired) electrons. The molecule has 1 unspecified atom stereocenters. The van der Waals surface area contributed by atoms with Gasteiger partial charge < -0.3 is 10.2 Å². The molecule has 0 aromatic heterocycles. The van der Waals surface area contributed by atoms with Gasteiger partial charge in [-0.3, -0.25) is 0 Å². The highest BCUT2D eigenvalue weighted by Crippen LogP contribution is 2.24. The number of hydrogen-bond donors (Lipinski definition) is 1. The zero-order chi connectivity index (χ0) is 13.8. The molecule has 1 atom stereocenters. The van der Waals surface area contributed by atoms with E-state index < -0.39 is 0 Å². The molecule has 1 saturated carbocycles. The van der Waals surface area contributed by atoms with Crippen LogP contribution in [0.25, 0.3) is 0 Å². The van der Waals surface area contributed by atoms with E-state index in [0.29, 0.717) is 6.04 Å². The normalized spacial score (nSPS) is 24.9. The Bertz CT molecular complexity index is 412. The van der Waals surface area contributed by atoms with Crippen LogP contribution >= 0.6 is 11.6 Å². The van der Waals surface area contributed by atoms with E-state index in [1.165, 1.54) is 57.2 Å². The molecule has 2 fully saturated rings. The predicted octanol–water partition coefficient (Wildman–Crippen LogP) is 4.23. The minimum absolute atomic E-state index is 0.655. The monoisotopic (exact) mass is 292 g/mol. The van der Waals surface area contributed by atoms with Crippen LogP contribution in [0.15, 0.2) is 24.3 Å². The smallest absolute Gasteiger partial charge is 0.0407 e. The predicted molar refractivity (Wildman–Crippen MR) is 86.7 cm³/mol. The van der Waals surface area contributed by atoms with E-state index in [1.54, 1.807) is 0 Å². The standard InChI is InChI=1S/C17H25ClN2/c18-14-8-10-17(11-9-14)20-12-4-7-16(13-20)19-15-5-2-1-3-6-15/h8-11,15-16,19H,1-7,12-13H2. The highest BCUT2D eigenvalue weighted by atomic mass is 35.5. The molecule has 1 aliphatic carbocycles. The summed E-state index contributed by atoms with van der Waals surface area (Å²) < 4.78 is 0. The second kappa shape index (κ2) is 6.82. The van der Waals surface area contributed by atoms with Gasteiger partial charge >= 0.3 is 0 Å². The van der Waals surface area contributed by atoms with Crippen LogP contribution in [0.2, 0.25) is 5.02 Å². The molecule has 1 saturated heterocycles. The van der Waals surface area contributed by atoms with Gasteiger partial charge in [0.1, 0.15) is 0 Å². The molecule has 3 rings (SSSR count). The first-order chi connectivity index (χ1) is 9.81. The van der Waals surface area contributed by atoms with Gasteiger partial charge in [-0.1, -0.05) is 30.9 Å². The Morgan fingerprint density at radius 2 is 1.60 bits per heavy atom. The summed E-state index contributed by atoms with van der Waals surface area (Å²) in [7, 11) is 0. The Hall–Kier alpha value is -0.730. The largest absolute Gasteiger partial charge is 0.370 e. The Balaban J connectivity index is 1.57. The van der Waals surface area contributed by atoms with Crippen molar-refractivity contribution in [2.45, 2.75) is 57.0 Å². The van der Waals surface area contributed by atoms with Crippen LogP contribution in [0.3, 0.4) is 0 Å². The first kappa shape index (κ1) is 14.2. The van der Waals surface area contributed by atoms with Crippen LogP contribution < -0.4 is 10.2 Å². The molecule has 1 aromatic rings. The van der Waals surface area contributed by atoms with Crippen LogP contribution in [-0.4, -0.2) is 25.2 Å². The lowest BCUT2D eigenvalue weighted by atomic mass is 9.93. The molecule has 3 heteroatoms. The topological polar surface area (TPSA) is 15.3 Å². The van der Waals surface area contributed by atoms with Crippen molar-refractivity contribution in [3.63, 3.8) is 0 Å². The number of nitrogens with one attached hydrogen (secondary N) is 1. The fourth-order valence-electron chi connectivity index (χ4n) is 3.60. The van der Waals surface area contributed by atoms with Gasteiger partial charge in [-0.25, -0.2) is 0 Å². The van der Waals surface area contributed by atoms with Gasteiger partial charge in [-0.05, 0) is 49.9 Å². The van der Waals surface area contributed by atoms with Gasteiger partial charge in [-0.2, -0.15) is 0 Å². The maximum atomic E-state index is 5.98. The molecule has 110 valence electrons. The molecule has 0 bridgehead atoms.